The van der Waals surface area contributed by atoms with Crippen molar-refractivity contribution in [1.82, 2.24) is 9.78 Å². The normalized spacial score (nSPS) is 14.4. The molecule has 0 saturated heterocycles. The highest BCUT2D eigenvalue weighted by Crippen LogP contribution is 2.24. The van der Waals surface area contributed by atoms with E-state index in [4.69, 9.17) is 5.73 Å². The maximum Gasteiger partial charge on any atom is 0.0919 e. The molecule has 4 heteroatoms. The Morgan fingerprint density at radius 2 is 1.94 bits per heavy atom. The third kappa shape index (κ3) is 2.82. The van der Waals surface area contributed by atoms with Gasteiger partial charge in [0.2, 0.25) is 0 Å². The molecule has 0 aliphatic carbocycles. The van der Waals surface area contributed by atoms with Crippen LogP contribution in [0.3, 0.4) is 0 Å². The molecule has 0 fully saturated rings. The van der Waals surface area contributed by atoms with E-state index in [0.717, 1.165) is 16.6 Å². The molecule has 2 aromatic rings. The minimum absolute atomic E-state index is 0.0606. The van der Waals surface area contributed by atoms with Gasteiger partial charge >= 0.3 is 0 Å². The molecule has 0 saturated carbocycles. The molecule has 0 spiro atoms. The lowest BCUT2D eigenvalue weighted by Gasteiger charge is -2.24. The molecule has 1 aromatic carbocycles. The highest BCUT2D eigenvalue weighted by Gasteiger charge is 2.21. The Morgan fingerprint density at radius 1 is 1.28 bits per heavy atom. The number of nitrogens with zero attached hydrogens (tertiary/aromatic N) is 2. The van der Waals surface area contributed by atoms with Crippen LogP contribution < -0.4 is 5.73 Å². The molecule has 0 aliphatic rings. The fourth-order valence-corrected chi connectivity index (χ4v) is 2.33. The molecule has 96 valence electrons. The van der Waals surface area contributed by atoms with Crippen LogP contribution in [0.25, 0.3) is 0 Å². The van der Waals surface area contributed by atoms with Gasteiger partial charge in [-0.2, -0.15) is 5.10 Å². The maximum atomic E-state index is 6.26. The minimum Gasteiger partial charge on any atom is -0.326 e. The van der Waals surface area contributed by atoms with Crippen LogP contribution in [-0.2, 0) is 0 Å². The van der Waals surface area contributed by atoms with Gasteiger partial charge < -0.3 is 5.73 Å². The second kappa shape index (κ2) is 5.67. The van der Waals surface area contributed by atoms with E-state index in [1.807, 2.05) is 36.0 Å². The van der Waals surface area contributed by atoms with Crippen molar-refractivity contribution in [2.75, 3.05) is 0 Å². The molecule has 2 atom stereocenters. The second-order valence-electron chi connectivity index (χ2n) is 4.51. The van der Waals surface area contributed by atoms with E-state index in [-0.39, 0.29) is 12.1 Å². The van der Waals surface area contributed by atoms with Crippen molar-refractivity contribution in [2.45, 2.75) is 32.4 Å². The van der Waals surface area contributed by atoms with Gasteiger partial charge in [-0.05, 0) is 37.1 Å². The smallest absolute Gasteiger partial charge is 0.0919 e. The Bertz CT molecular complexity index is 504. The fraction of sp³-hybridized carbons (Fsp3) is 0.357. The number of aryl methyl sites for hydroxylation is 1. The third-order valence-electron chi connectivity index (χ3n) is 3.12. The summed E-state index contributed by atoms with van der Waals surface area (Å²) >= 11 is 3.46. The summed E-state index contributed by atoms with van der Waals surface area (Å²) in [7, 11) is 0. The first-order valence-electron chi connectivity index (χ1n) is 6.14. The molecule has 0 aliphatic heterocycles. The fourth-order valence-electron chi connectivity index (χ4n) is 2.07. The van der Waals surface area contributed by atoms with Gasteiger partial charge in [0.1, 0.15) is 0 Å². The summed E-state index contributed by atoms with van der Waals surface area (Å²) in [6, 6.07) is 10.4. The molecule has 3 nitrogen and oxygen atoms in total. The zero-order chi connectivity index (χ0) is 13.1. The van der Waals surface area contributed by atoms with Crippen LogP contribution in [0.15, 0.2) is 41.0 Å². The standard InChI is InChI=1S/C14H18BrN3/c1-3-13(16)14(18-9-8-10(2)17-18)11-4-6-12(15)7-5-11/h4-9,13-14H,3,16H2,1-2H3. The summed E-state index contributed by atoms with van der Waals surface area (Å²) < 4.78 is 3.04. The van der Waals surface area contributed by atoms with Gasteiger partial charge in [0.25, 0.3) is 0 Å². The number of halogens is 1. The van der Waals surface area contributed by atoms with E-state index in [2.05, 4.69) is 40.1 Å². The zero-order valence-corrected chi connectivity index (χ0v) is 12.3. The monoisotopic (exact) mass is 307 g/mol. The largest absolute Gasteiger partial charge is 0.326 e. The van der Waals surface area contributed by atoms with Crippen molar-refractivity contribution < 1.29 is 0 Å². The Balaban J connectivity index is 2.39. The van der Waals surface area contributed by atoms with Crippen molar-refractivity contribution >= 4 is 15.9 Å². The number of rotatable bonds is 4. The minimum atomic E-state index is 0.0606. The molecule has 0 bridgehead atoms. The van der Waals surface area contributed by atoms with Gasteiger partial charge in [-0.1, -0.05) is 35.0 Å². The second-order valence-corrected chi connectivity index (χ2v) is 5.42. The van der Waals surface area contributed by atoms with Crippen molar-refractivity contribution in [2.24, 2.45) is 5.73 Å². The van der Waals surface area contributed by atoms with Crippen LogP contribution in [0.2, 0.25) is 0 Å². The van der Waals surface area contributed by atoms with Crippen LogP contribution in [0.4, 0.5) is 0 Å². The number of benzene rings is 1. The van der Waals surface area contributed by atoms with Crippen molar-refractivity contribution in [3.05, 3.63) is 52.3 Å². The lowest BCUT2D eigenvalue weighted by molar-refractivity contribution is 0.422. The molecule has 2 N–H and O–H groups in total. The van der Waals surface area contributed by atoms with E-state index in [1.165, 1.54) is 5.56 Å². The quantitative estimate of drug-likeness (QED) is 0.942. The molecule has 0 amide bonds. The van der Waals surface area contributed by atoms with Gasteiger partial charge in [0, 0.05) is 16.7 Å². The van der Waals surface area contributed by atoms with Crippen molar-refractivity contribution in [1.29, 1.82) is 0 Å². The topological polar surface area (TPSA) is 43.8 Å². The molecular weight excluding hydrogens is 290 g/mol. The van der Waals surface area contributed by atoms with Crippen LogP contribution in [0.1, 0.15) is 30.6 Å². The summed E-state index contributed by atoms with van der Waals surface area (Å²) in [5.41, 5.74) is 8.46. The Labute approximate surface area is 116 Å². The molecule has 18 heavy (non-hydrogen) atoms. The predicted octanol–water partition coefficient (Wildman–Crippen LogP) is 3.28. The summed E-state index contributed by atoms with van der Waals surface area (Å²) in [5, 5.41) is 4.50. The number of hydrogen-bond donors (Lipinski definition) is 1. The summed E-state index contributed by atoms with van der Waals surface area (Å²) in [4.78, 5) is 0. The summed E-state index contributed by atoms with van der Waals surface area (Å²) in [6.07, 6.45) is 2.91. The summed E-state index contributed by atoms with van der Waals surface area (Å²) in [5.74, 6) is 0. The van der Waals surface area contributed by atoms with Crippen molar-refractivity contribution in [3.8, 4) is 0 Å². The number of hydrogen-bond acceptors (Lipinski definition) is 2. The van der Waals surface area contributed by atoms with Crippen molar-refractivity contribution in [3.63, 3.8) is 0 Å². The van der Waals surface area contributed by atoms with E-state index < -0.39 is 0 Å². The Hall–Kier alpha value is -1.13. The van der Waals surface area contributed by atoms with E-state index in [0.29, 0.717) is 0 Å². The van der Waals surface area contributed by atoms with Crippen LogP contribution in [-0.4, -0.2) is 15.8 Å². The SMILES string of the molecule is CCC(N)C(c1ccc(Br)cc1)n1ccc(C)n1. The molecule has 1 aromatic heterocycles. The lowest BCUT2D eigenvalue weighted by Crippen LogP contribution is -2.32. The molecule has 2 rings (SSSR count). The van der Waals surface area contributed by atoms with E-state index in [1.54, 1.807) is 0 Å². The molecule has 1 heterocycles. The van der Waals surface area contributed by atoms with Crippen LogP contribution >= 0.6 is 15.9 Å². The Morgan fingerprint density at radius 3 is 2.44 bits per heavy atom. The molecule has 0 radical (unpaired) electrons. The van der Waals surface area contributed by atoms with Gasteiger partial charge in [-0.25, -0.2) is 0 Å². The average Bonchev–Trinajstić information content (AvgIpc) is 2.78. The average molecular weight is 308 g/mol. The van der Waals surface area contributed by atoms with Crippen LogP contribution in [0.5, 0.6) is 0 Å². The van der Waals surface area contributed by atoms with Gasteiger partial charge in [0.05, 0.1) is 11.7 Å². The molecule has 2 unspecified atom stereocenters. The lowest BCUT2D eigenvalue weighted by atomic mass is 9.98. The third-order valence-corrected chi connectivity index (χ3v) is 3.64. The summed E-state index contributed by atoms with van der Waals surface area (Å²) in [6.45, 7) is 4.10. The Kier molecular flexibility index (Phi) is 4.19. The predicted molar refractivity (Wildman–Crippen MR) is 77.5 cm³/mol. The number of nitrogens with two attached hydrogens (primary N) is 1. The van der Waals surface area contributed by atoms with Crippen LogP contribution in [0, 0.1) is 6.92 Å². The first-order chi connectivity index (χ1) is 8.61. The van der Waals surface area contributed by atoms with E-state index in [9.17, 15) is 0 Å². The van der Waals surface area contributed by atoms with Gasteiger partial charge in [0.15, 0.2) is 0 Å². The first kappa shape index (κ1) is 13.3. The van der Waals surface area contributed by atoms with Gasteiger partial charge in [-0.15, -0.1) is 0 Å². The molecular formula is C14H18BrN3. The zero-order valence-electron chi connectivity index (χ0n) is 10.7. The highest BCUT2D eigenvalue weighted by atomic mass is 79.9. The maximum absolute atomic E-state index is 6.26. The van der Waals surface area contributed by atoms with Gasteiger partial charge in [-0.3, -0.25) is 4.68 Å². The van der Waals surface area contributed by atoms with E-state index >= 15 is 0 Å². The highest BCUT2D eigenvalue weighted by molar-refractivity contribution is 9.10. The number of aromatic nitrogens is 2. The first-order valence-corrected chi connectivity index (χ1v) is 6.94.